The first-order valence-electron chi connectivity index (χ1n) is 1.08. The second-order valence-electron chi connectivity index (χ2n) is 0.413. The second kappa shape index (κ2) is 19.1. The zero-order chi connectivity index (χ0) is 3.41. The fourth-order valence-electron chi connectivity index (χ4n) is 0. The Hall–Kier alpha value is 0.170. The highest BCUT2D eigenvalue weighted by atomic mass is 35.5. The average molecular weight is 117 g/mol. The van der Waals surface area contributed by atoms with E-state index in [0.29, 0.717) is 5.88 Å². The summed E-state index contributed by atoms with van der Waals surface area (Å²) < 4.78 is 0. The quantitative estimate of drug-likeness (QED) is 0.419. The highest BCUT2D eigenvalue weighted by Gasteiger charge is 1.60. The number of halogens is 1. The van der Waals surface area contributed by atoms with Gasteiger partial charge >= 0.3 is 0 Å². The number of rotatable bonds is 1. The SMILES string of the molecule is O.O.OCCCl. The molecule has 42 valence electrons. The lowest BCUT2D eigenvalue weighted by Crippen LogP contribution is -1.76. The predicted molar refractivity (Wildman–Crippen MR) is 25.0 cm³/mol. The molecule has 6 heavy (non-hydrogen) atoms. The van der Waals surface area contributed by atoms with Crippen LogP contribution < -0.4 is 0 Å². The van der Waals surface area contributed by atoms with E-state index < -0.39 is 0 Å². The van der Waals surface area contributed by atoms with Gasteiger partial charge in [0.05, 0.1) is 6.61 Å². The number of aliphatic hydroxyl groups excluding tert-OH is 1. The van der Waals surface area contributed by atoms with Crippen LogP contribution in [0.2, 0.25) is 0 Å². The van der Waals surface area contributed by atoms with E-state index in [1.807, 2.05) is 0 Å². The third kappa shape index (κ3) is 30.6. The molecule has 4 heteroatoms. The molecule has 0 spiro atoms. The fourth-order valence-corrected chi connectivity index (χ4v) is 0. The van der Waals surface area contributed by atoms with Crippen molar-refractivity contribution in [2.75, 3.05) is 12.5 Å². The minimum Gasteiger partial charge on any atom is -0.412 e. The van der Waals surface area contributed by atoms with E-state index in [4.69, 9.17) is 16.7 Å². The standard InChI is InChI=1S/C2H5ClO.2H2O/c3-1-2-4;;/h4H,1-2H2;2*1H2. The average Bonchev–Trinajstić information content (AvgIpc) is 1.37. The highest BCUT2D eigenvalue weighted by Crippen LogP contribution is 1.63. The normalized spacial score (nSPS) is 5.00. The molecule has 0 rings (SSSR count). The van der Waals surface area contributed by atoms with Crippen molar-refractivity contribution in [2.24, 2.45) is 0 Å². The molecule has 0 radical (unpaired) electrons. The topological polar surface area (TPSA) is 83.2 Å². The first-order valence-corrected chi connectivity index (χ1v) is 1.62. The van der Waals surface area contributed by atoms with Crippen LogP contribution in [0.5, 0.6) is 0 Å². The van der Waals surface area contributed by atoms with Crippen molar-refractivity contribution in [2.45, 2.75) is 0 Å². The number of hydrogen-bond acceptors (Lipinski definition) is 1. The summed E-state index contributed by atoms with van der Waals surface area (Å²) >= 11 is 4.94. The summed E-state index contributed by atoms with van der Waals surface area (Å²) in [5.41, 5.74) is 0. The molecule has 0 aromatic carbocycles. The summed E-state index contributed by atoms with van der Waals surface area (Å²) in [6.07, 6.45) is 0. The van der Waals surface area contributed by atoms with Gasteiger partial charge in [0, 0.05) is 5.88 Å². The van der Waals surface area contributed by atoms with Crippen LogP contribution in [0.3, 0.4) is 0 Å². The maximum atomic E-state index is 7.74. The summed E-state index contributed by atoms with van der Waals surface area (Å²) in [4.78, 5) is 0. The Morgan fingerprint density at radius 2 is 1.50 bits per heavy atom. The van der Waals surface area contributed by atoms with E-state index in [1.54, 1.807) is 0 Å². The second-order valence-corrected chi connectivity index (χ2v) is 0.791. The van der Waals surface area contributed by atoms with Crippen LogP contribution >= 0.6 is 11.6 Å². The molecule has 0 bridgehead atoms. The lowest BCUT2D eigenvalue weighted by molar-refractivity contribution is 0.321. The molecule has 5 N–H and O–H groups in total. The summed E-state index contributed by atoms with van der Waals surface area (Å²) in [5, 5.41) is 7.74. The molecular formula is C2H9ClO3. The van der Waals surface area contributed by atoms with E-state index in [0.717, 1.165) is 0 Å². The van der Waals surface area contributed by atoms with E-state index >= 15 is 0 Å². The Morgan fingerprint density at radius 1 is 1.33 bits per heavy atom. The maximum absolute atomic E-state index is 7.74. The van der Waals surface area contributed by atoms with Gasteiger partial charge in [-0.25, -0.2) is 0 Å². The molecule has 0 aromatic heterocycles. The first kappa shape index (κ1) is 16.4. The van der Waals surface area contributed by atoms with Crippen molar-refractivity contribution in [3.63, 3.8) is 0 Å². The van der Waals surface area contributed by atoms with Gasteiger partial charge in [0.25, 0.3) is 0 Å². The van der Waals surface area contributed by atoms with Crippen molar-refractivity contribution in [3.8, 4) is 0 Å². The molecule has 0 atom stereocenters. The summed E-state index contributed by atoms with van der Waals surface area (Å²) in [7, 11) is 0. The van der Waals surface area contributed by atoms with E-state index in [1.165, 1.54) is 0 Å². The third-order valence-corrected chi connectivity index (χ3v) is 0.254. The molecule has 0 saturated carbocycles. The van der Waals surface area contributed by atoms with Crippen LogP contribution in [0.15, 0.2) is 0 Å². The molecule has 0 heterocycles. The lowest BCUT2D eigenvalue weighted by atomic mass is 10.9. The Bertz CT molecular complexity index is 10.8. The minimum absolute atomic E-state index is 0. The molecular weight excluding hydrogens is 107 g/mol. The summed E-state index contributed by atoms with van der Waals surface area (Å²) in [6, 6.07) is 0. The van der Waals surface area contributed by atoms with E-state index in [-0.39, 0.29) is 17.6 Å². The van der Waals surface area contributed by atoms with Gasteiger partial charge in [0.2, 0.25) is 0 Å². The largest absolute Gasteiger partial charge is 0.412 e. The van der Waals surface area contributed by atoms with Crippen molar-refractivity contribution < 1.29 is 16.1 Å². The highest BCUT2D eigenvalue weighted by molar-refractivity contribution is 6.17. The maximum Gasteiger partial charge on any atom is 0.0566 e. The summed E-state index contributed by atoms with van der Waals surface area (Å²) in [5.74, 6) is 0.347. The Labute approximate surface area is 41.2 Å². The van der Waals surface area contributed by atoms with Crippen LogP contribution in [0.1, 0.15) is 0 Å². The van der Waals surface area contributed by atoms with Crippen LogP contribution in [0, 0.1) is 0 Å². The first-order chi connectivity index (χ1) is 1.91. The minimum atomic E-state index is 0. The van der Waals surface area contributed by atoms with Crippen molar-refractivity contribution in [1.29, 1.82) is 0 Å². The zero-order valence-electron chi connectivity index (χ0n) is 3.24. The van der Waals surface area contributed by atoms with Gasteiger partial charge in [-0.05, 0) is 0 Å². The van der Waals surface area contributed by atoms with Gasteiger partial charge in [-0.15, -0.1) is 11.6 Å². The van der Waals surface area contributed by atoms with Crippen LogP contribution in [-0.2, 0) is 0 Å². The fraction of sp³-hybridized carbons (Fsp3) is 1.00. The molecule has 0 aliphatic rings. The molecule has 0 fully saturated rings. The number of hydrogen-bond donors (Lipinski definition) is 1. The van der Waals surface area contributed by atoms with Gasteiger partial charge < -0.3 is 16.1 Å². The predicted octanol–water partition coefficient (Wildman–Crippen LogP) is -1.43. The van der Waals surface area contributed by atoms with Gasteiger partial charge in [0.1, 0.15) is 0 Å². The monoisotopic (exact) mass is 116 g/mol. The molecule has 0 aliphatic carbocycles. The number of aliphatic hydroxyl groups is 1. The zero-order valence-corrected chi connectivity index (χ0v) is 4.00. The Kier molecular flexibility index (Phi) is 52.2. The third-order valence-electron chi connectivity index (χ3n) is 0.0845. The molecule has 0 unspecified atom stereocenters. The van der Waals surface area contributed by atoms with Crippen molar-refractivity contribution in [3.05, 3.63) is 0 Å². The van der Waals surface area contributed by atoms with E-state index in [9.17, 15) is 0 Å². The van der Waals surface area contributed by atoms with Gasteiger partial charge in [0.15, 0.2) is 0 Å². The van der Waals surface area contributed by atoms with Gasteiger partial charge in [-0.2, -0.15) is 0 Å². The number of alkyl halides is 1. The molecule has 0 aromatic rings. The van der Waals surface area contributed by atoms with Crippen LogP contribution in [0.4, 0.5) is 0 Å². The molecule has 0 saturated heterocycles. The molecule has 0 amide bonds. The van der Waals surface area contributed by atoms with E-state index in [2.05, 4.69) is 0 Å². The van der Waals surface area contributed by atoms with Crippen molar-refractivity contribution in [1.82, 2.24) is 0 Å². The van der Waals surface area contributed by atoms with Gasteiger partial charge in [-0.1, -0.05) is 0 Å². The Morgan fingerprint density at radius 3 is 1.50 bits per heavy atom. The smallest absolute Gasteiger partial charge is 0.0566 e. The van der Waals surface area contributed by atoms with Crippen LogP contribution in [0.25, 0.3) is 0 Å². The van der Waals surface area contributed by atoms with Crippen LogP contribution in [-0.4, -0.2) is 28.5 Å². The Balaban J connectivity index is -0.0000000450. The van der Waals surface area contributed by atoms with Gasteiger partial charge in [-0.3, -0.25) is 0 Å². The summed E-state index contributed by atoms with van der Waals surface area (Å²) in [6.45, 7) is 0.0849. The molecule has 3 nitrogen and oxygen atoms in total. The van der Waals surface area contributed by atoms with Crippen molar-refractivity contribution >= 4 is 11.6 Å². The lowest BCUT2D eigenvalue weighted by Gasteiger charge is -1.67. The molecule has 0 aliphatic heterocycles.